The predicted molar refractivity (Wildman–Crippen MR) is 118 cm³/mol. The van der Waals surface area contributed by atoms with Crippen LogP contribution in [0, 0.1) is 0 Å². The van der Waals surface area contributed by atoms with Gasteiger partial charge in [-0.15, -0.1) is 11.3 Å². The molecule has 0 spiro atoms. The highest BCUT2D eigenvalue weighted by molar-refractivity contribution is 9.10. The fraction of sp³-hybridized carbons (Fsp3) is 0.263. The third-order valence-electron chi connectivity index (χ3n) is 5.07. The molecule has 2 amide bonds. The van der Waals surface area contributed by atoms with Gasteiger partial charge in [-0.05, 0) is 40.0 Å². The molecule has 0 fully saturated rings. The second-order valence-electron chi connectivity index (χ2n) is 7.17. The molecular weight excluding hydrogens is 454 g/mol. The largest absolute Gasteiger partial charge is 0.339 e. The Kier molecular flexibility index (Phi) is 4.39. The maximum absolute atomic E-state index is 12.4. The standard InChI is InChI=1S/C19H18BrN7OS/c1-26(2)19(28)27-4-3-11-15(8-27)29-18-16(11)17(21-9-22-18)24-14-5-10-7-23-25-13(10)6-12(14)20/h5-7,9H,3-4,8H2,1-2H3,(H,23,25)(H,21,22,24). The number of aromatic amines is 1. The Morgan fingerprint density at radius 3 is 3.03 bits per heavy atom. The van der Waals surface area contributed by atoms with Crippen molar-refractivity contribution in [3.63, 3.8) is 0 Å². The number of H-pyrrole nitrogens is 1. The Balaban J connectivity index is 1.54. The normalized spacial score (nSPS) is 13.7. The van der Waals surface area contributed by atoms with Crippen molar-refractivity contribution in [3.8, 4) is 0 Å². The molecule has 1 aliphatic rings. The number of benzene rings is 1. The van der Waals surface area contributed by atoms with Gasteiger partial charge in [0, 0.05) is 35.4 Å². The van der Waals surface area contributed by atoms with Gasteiger partial charge >= 0.3 is 6.03 Å². The minimum Gasteiger partial charge on any atom is -0.339 e. The summed E-state index contributed by atoms with van der Waals surface area (Å²) in [6.07, 6.45) is 4.17. The van der Waals surface area contributed by atoms with E-state index in [4.69, 9.17) is 0 Å². The van der Waals surface area contributed by atoms with E-state index in [1.54, 1.807) is 42.9 Å². The van der Waals surface area contributed by atoms with E-state index in [2.05, 4.69) is 41.4 Å². The molecule has 1 aliphatic heterocycles. The fourth-order valence-corrected chi connectivity index (χ4v) is 5.30. The molecule has 2 N–H and O–H groups in total. The van der Waals surface area contributed by atoms with Crippen molar-refractivity contribution in [2.24, 2.45) is 0 Å². The predicted octanol–water partition coefficient (Wildman–Crippen LogP) is 4.11. The lowest BCUT2D eigenvalue weighted by Gasteiger charge is -2.29. The van der Waals surface area contributed by atoms with Crippen molar-refractivity contribution in [3.05, 3.63) is 39.6 Å². The molecule has 148 valence electrons. The Bertz CT molecular complexity index is 1250. The molecule has 0 atom stereocenters. The zero-order valence-corrected chi connectivity index (χ0v) is 18.3. The molecule has 1 aromatic carbocycles. The van der Waals surface area contributed by atoms with Gasteiger partial charge in [0.15, 0.2) is 0 Å². The molecule has 4 heterocycles. The Labute approximate surface area is 179 Å². The first kappa shape index (κ1) is 18.3. The van der Waals surface area contributed by atoms with Crippen molar-refractivity contribution >= 4 is 65.9 Å². The van der Waals surface area contributed by atoms with Crippen LogP contribution < -0.4 is 5.32 Å². The fourth-order valence-electron chi connectivity index (χ4n) is 3.66. The first-order valence-electron chi connectivity index (χ1n) is 9.12. The van der Waals surface area contributed by atoms with Crippen LogP contribution in [0.15, 0.2) is 29.1 Å². The zero-order valence-electron chi connectivity index (χ0n) is 15.9. The summed E-state index contributed by atoms with van der Waals surface area (Å²) in [4.78, 5) is 27.0. The lowest BCUT2D eigenvalue weighted by molar-refractivity contribution is 0.166. The summed E-state index contributed by atoms with van der Waals surface area (Å²) >= 11 is 5.26. The quantitative estimate of drug-likeness (QED) is 0.458. The van der Waals surface area contributed by atoms with E-state index in [1.165, 1.54) is 10.4 Å². The highest BCUT2D eigenvalue weighted by Gasteiger charge is 2.27. The number of fused-ring (bicyclic) bond motifs is 4. The monoisotopic (exact) mass is 471 g/mol. The molecule has 10 heteroatoms. The van der Waals surface area contributed by atoms with Gasteiger partial charge in [0.1, 0.15) is 17.0 Å². The maximum atomic E-state index is 12.4. The highest BCUT2D eigenvalue weighted by atomic mass is 79.9. The number of carbonyl (C=O) groups excluding carboxylic acids is 1. The number of rotatable bonds is 2. The Hall–Kier alpha value is -2.72. The van der Waals surface area contributed by atoms with Crippen LogP contribution in [0.3, 0.4) is 0 Å². The molecule has 0 unspecified atom stereocenters. The Morgan fingerprint density at radius 1 is 1.34 bits per heavy atom. The summed E-state index contributed by atoms with van der Waals surface area (Å²) < 4.78 is 0.924. The summed E-state index contributed by atoms with van der Waals surface area (Å²) in [7, 11) is 3.57. The van der Waals surface area contributed by atoms with Crippen LogP contribution in [-0.2, 0) is 13.0 Å². The second-order valence-corrected chi connectivity index (χ2v) is 9.11. The maximum Gasteiger partial charge on any atom is 0.319 e. The molecule has 0 saturated heterocycles. The van der Waals surface area contributed by atoms with Gasteiger partial charge in [0.25, 0.3) is 0 Å². The molecule has 8 nitrogen and oxygen atoms in total. The van der Waals surface area contributed by atoms with Crippen LogP contribution >= 0.6 is 27.3 Å². The SMILES string of the molecule is CN(C)C(=O)N1CCc2c(sc3ncnc(Nc4cc5cn[nH]c5cc4Br)c23)C1. The van der Waals surface area contributed by atoms with Gasteiger partial charge in [-0.1, -0.05) is 0 Å². The van der Waals surface area contributed by atoms with Crippen LogP contribution in [0.5, 0.6) is 0 Å². The summed E-state index contributed by atoms with van der Waals surface area (Å²) in [5.41, 5.74) is 3.12. The molecule has 4 aromatic rings. The van der Waals surface area contributed by atoms with Crippen LogP contribution in [-0.4, -0.2) is 56.6 Å². The molecule has 0 saturated carbocycles. The van der Waals surface area contributed by atoms with E-state index in [9.17, 15) is 4.79 Å². The van der Waals surface area contributed by atoms with Crippen LogP contribution in [0.4, 0.5) is 16.3 Å². The molecule has 0 aliphatic carbocycles. The second kappa shape index (κ2) is 6.96. The Morgan fingerprint density at radius 2 is 2.21 bits per heavy atom. The number of nitrogens with one attached hydrogen (secondary N) is 2. The first-order chi connectivity index (χ1) is 14.0. The lowest BCUT2D eigenvalue weighted by Crippen LogP contribution is -2.41. The van der Waals surface area contributed by atoms with E-state index in [0.29, 0.717) is 13.1 Å². The number of halogens is 1. The third kappa shape index (κ3) is 3.12. The van der Waals surface area contributed by atoms with Crippen molar-refractivity contribution in [1.29, 1.82) is 0 Å². The molecule has 3 aromatic heterocycles. The number of hydrogen-bond donors (Lipinski definition) is 2. The lowest BCUT2D eigenvalue weighted by atomic mass is 10.1. The van der Waals surface area contributed by atoms with E-state index in [0.717, 1.165) is 43.5 Å². The van der Waals surface area contributed by atoms with Crippen molar-refractivity contribution in [2.75, 3.05) is 26.0 Å². The number of hydrogen-bond acceptors (Lipinski definition) is 6. The van der Waals surface area contributed by atoms with E-state index < -0.39 is 0 Å². The van der Waals surface area contributed by atoms with Gasteiger partial charge < -0.3 is 15.1 Å². The molecule has 5 rings (SSSR count). The molecule has 29 heavy (non-hydrogen) atoms. The summed E-state index contributed by atoms with van der Waals surface area (Å²) in [6, 6.07) is 4.07. The van der Waals surface area contributed by atoms with Crippen LogP contribution in [0.1, 0.15) is 10.4 Å². The van der Waals surface area contributed by atoms with Gasteiger partial charge in [0.05, 0.1) is 29.3 Å². The molecule has 0 radical (unpaired) electrons. The van der Waals surface area contributed by atoms with Gasteiger partial charge in [-0.25, -0.2) is 14.8 Å². The summed E-state index contributed by atoms with van der Waals surface area (Å²) in [6.45, 7) is 1.30. The third-order valence-corrected chi connectivity index (χ3v) is 6.85. The van der Waals surface area contributed by atoms with Crippen molar-refractivity contribution < 1.29 is 4.79 Å². The van der Waals surface area contributed by atoms with E-state index >= 15 is 0 Å². The van der Waals surface area contributed by atoms with Crippen molar-refractivity contribution in [2.45, 2.75) is 13.0 Å². The minimum atomic E-state index is 0.0369. The van der Waals surface area contributed by atoms with Crippen molar-refractivity contribution in [1.82, 2.24) is 30.0 Å². The van der Waals surface area contributed by atoms with E-state index in [1.807, 2.05) is 17.0 Å². The number of thiophene rings is 1. The molecular formula is C19H18BrN7OS. The molecule has 0 bridgehead atoms. The van der Waals surface area contributed by atoms with E-state index in [-0.39, 0.29) is 6.03 Å². The highest BCUT2D eigenvalue weighted by Crippen LogP contribution is 2.39. The van der Waals surface area contributed by atoms with Gasteiger partial charge in [-0.2, -0.15) is 5.10 Å². The first-order valence-corrected chi connectivity index (χ1v) is 10.7. The number of urea groups is 1. The number of amides is 2. The average Bonchev–Trinajstić information content (AvgIpc) is 3.30. The summed E-state index contributed by atoms with van der Waals surface area (Å²) in [5, 5.41) is 12.6. The minimum absolute atomic E-state index is 0.0369. The average molecular weight is 472 g/mol. The number of nitrogens with zero attached hydrogens (tertiary/aromatic N) is 5. The number of anilines is 2. The summed E-state index contributed by atoms with van der Waals surface area (Å²) in [5.74, 6) is 0.781. The zero-order chi connectivity index (χ0) is 20.1. The van der Waals surface area contributed by atoms with Crippen LogP contribution in [0.2, 0.25) is 0 Å². The number of aromatic nitrogens is 4. The van der Waals surface area contributed by atoms with Crippen LogP contribution in [0.25, 0.3) is 21.1 Å². The topological polar surface area (TPSA) is 90.0 Å². The van der Waals surface area contributed by atoms with Gasteiger partial charge in [0.2, 0.25) is 0 Å². The van der Waals surface area contributed by atoms with Gasteiger partial charge in [-0.3, -0.25) is 5.10 Å². The number of carbonyl (C=O) groups is 1. The smallest absolute Gasteiger partial charge is 0.319 e.